The molecule has 2 aliphatic heterocycles. The Balaban J connectivity index is 1.19. The molecule has 4 heterocycles. The molecule has 0 aliphatic carbocycles. The fourth-order valence-electron chi connectivity index (χ4n) is 4.12. The Bertz CT molecular complexity index is 1120. The maximum Gasteiger partial charge on any atom is 0.319 e. The number of nitrogens with zero attached hydrogens (tertiary/aromatic N) is 2. The van der Waals surface area contributed by atoms with Crippen LogP contribution in [0.3, 0.4) is 0 Å². The van der Waals surface area contributed by atoms with Crippen LogP contribution in [0.25, 0.3) is 11.5 Å². The smallest absolute Gasteiger partial charge is 0.319 e. The first kappa shape index (κ1) is 22.0. The zero-order valence-electron chi connectivity index (χ0n) is 18.7. The molecule has 34 heavy (non-hydrogen) atoms. The average Bonchev–Trinajstić information content (AvgIpc) is 3.60. The molecule has 3 aromatic rings. The van der Waals surface area contributed by atoms with E-state index in [0.29, 0.717) is 47.8 Å². The van der Waals surface area contributed by atoms with Gasteiger partial charge in [-0.2, -0.15) is 0 Å². The largest absolute Gasteiger partial charge is 0.497 e. The summed E-state index contributed by atoms with van der Waals surface area (Å²) in [6.45, 7) is 0.728. The van der Waals surface area contributed by atoms with Crippen LogP contribution < -0.4 is 25.4 Å². The van der Waals surface area contributed by atoms with Gasteiger partial charge in [-0.05, 0) is 18.2 Å². The van der Waals surface area contributed by atoms with Gasteiger partial charge >= 0.3 is 6.03 Å². The first-order valence-electron chi connectivity index (χ1n) is 10.8. The highest BCUT2D eigenvalue weighted by Crippen LogP contribution is 2.30. The predicted octanol–water partition coefficient (Wildman–Crippen LogP) is 2.52. The molecule has 0 radical (unpaired) electrons. The Hall–Kier alpha value is -3.83. The van der Waals surface area contributed by atoms with Crippen LogP contribution in [0.15, 0.2) is 53.3 Å². The number of amides is 2. The molecule has 1 aromatic carbocycles. The summed E-state index contributed by atoms with van der Waals surface area (Å²) < 4.78 is 27.8. The summed E-state index contributed by atoms with van der Waals surface area (Å²) in [4.78, 5) is 21.4. The van der Waals surface area contributed by atoms with E-state index in [2.05, 4.69) is 25.9 Å². The molecule has 5 rings (SSSR count). The van der Waals surface area contributed by atoms with Gasteiger partial charge in [-0.25, -0.2) is 14.8 Å². The number of ether oxygens (including phenoxy) is 4. The number of methoxy groups -OCH3 is 2. The zero-order valence-corrected chi connectivity index (χ0v) is 18.7. The number of rotatable bonds is 7. The summed E-state index contributed by atoms with van der Waals surface area (Å²) in [5.41, 5.74) is 1.22. The minimum Gasteiger partial charge on any atom is -0.497 e. The van der Waals surface area contributed by atoms with E-state index in [4.69, 9.17) is 23.4 Å². The van der Waals surface area contributed by atoms with Crippen LogP contribution in [0.4, 0.5) is 16.4 Å². The van der Waals surface area contributed by atoms with Crippen LogP contribution in [0.1, 0.15) is 0 Å². The van der Waals surface area contributed by atoms with E-state index >= 15 is 0 Å². The number of fused-ring (bicyclic) bond motifs is 1. The SMILES string of the molecule is COc1cc(NC(=O)N[C@@H]2CO[C@@H]3[C@@H]2OC[C@@H]3Nc2nccc(-c3ccco3)n2)cc(OC)c1. The molecule has 2 aliphatic rings. The van der Waals surface area contributed by atoms with Crippen molar-refractivity contribution in [2.75, 3.05) is 38.1 Å². The van der Waals surface area contributed by atoms with Crippen molar-refractivity contribution in [3.63, 3.8) is 0 Å². The third kappa shape index (κ3) is 4.61. The first-order chi connectivity index (χ1) is 16.6. The number of carbonyl (C=O) groups is 1. The lowest BCUT2D eigenvalue weighted by Crippen LogP contribution is -2.46. The van der Waals surface area contributed by atoms with Crippen molar-refractivity contribution in [3.05, 3.63) is 48.9 Å². The zero-order chi connectivity index (χ0) is 23.5. The highest BCUT2D eigenvalue weighted by atomic mass is 16.6. The number of benzene rings is 1. The highest BCUT2D eigenvalue weighted by molar-refractivity contribution is 5.90. The molecule has 11 heteroatoms. The second-order valence-electron chi connectivity index (χ2n) is 7.90. The number of furan rings is 1. The molecule has 0 unspecified atom stereocenters. The van der Waals surface area contributed by atoms with Crippen molar-refractivity contribution in [1.29, 1.82) is 0 Å². The van der Waals surface area contributed by atoms with Crippen LogP contribution in [0.2, 0.25) is 0 Å². The lowest BCUT2D eigenvalue weighted by molar-refractivity contribution is 0.0683. The van der Waals surface area contributed by atoms with E-state index in [-0.39, 0.29) is 30.3 Å². The van der Waals surface area contributed by atoms with Crippen LogP contribution in [-0.2, 0) is 9.47 Å². The number of carbonyl (C=O) groups excluding carboxylic acids is 1. The fourth-order valence-corrected chi connectivity index (χ4v) is 4.12. The fraction of sp³-hybridized carbons (Fsp3) is 0.348. The molecule has 178 valence electrons. The van der Waals surface area contributed by atoms with E-state index in [1.54, 1.807) is 57.0 Å². The second kappa shape index (κ2) is 9.57. The maximum atomic E-state index is 12.6. The minimum absolute atomic E-state index is 0.158. The number of aromatic nitrogens is 2. The van der Waals surface area contributed by atoms with E-state index in [1.807, 2.05) is 6.07 Å². The van der Waals surface area contributed by atoms with Gasteiger partial charge in [0.2, 0.25) is 5.95 Å². The van der Waals surface area contributed by atoms with E-state index in [1.165, 1.54) is 0 Å². The molecule has 0 saturated carbocycles. The molecule has 2 saturated heterocycles. The Kier molecular flexibility index (Phi) is 6.19. The molecule has 2 aromatic heterocycles. The summed E-state index contributed by atoms with van der Waals surface area (Å²) >= 11 is 0. The molecule has 2 fully saturated rings. The third-order valence-electron chi connectivity index (χ3n) is 5.72. The molecule has 0 spiro atoms. The normalized spacial score (nSPS) is 23.2. The molecule has 0 bridgehead atoms. The number of urea groups is 1. The number of anilines is 2. The van der Waals surface area contributed by atoms with Gasteiger partial charge in [0.25, 0.3) is 0 Å². The van der Waals surface area contributed by atoms with Gasteiger partial charge in [0.15, 0.2) is 5.76 Å². The predicted molar refractivity (Wildman–Crippen MR) is 122 cm³/mol. The molecular formula is C23H25N5O6. The number of hydrogen-bond donors (Lipinski definition) is 3. The van der Waals surface area contributed by atoms with Gasteiger partial charge in [-0.1, -0.05) is 0 Å². The topological polar surface area (TPSA) is 129 Å². The summed E-state index contributed by atoms with van der Waals surface area (Å²) in [6, 6.07) is 9.72. The summed E-state index contributed by atoms with van der Waals surface area (Å²) in [6.07, 6.45) is 2.72. The molecule has 11 nitrogen and oxygen atoms in total. The van der Waals surface area contributed by atoms with Gasteiger partial charge in [-0.3, -0.25) is 0 Å². The van der Waals surface area contributed by atoms with Crippen molar-refractivity contribution in [2.24, 2.45) is 0 Å². The van der Waals surface area contributed by atoms with Gasteiger partial charge in [-0.15, -0.1) is 0 Å². The second-order valence-corrected chi connectivity index (χ2v) is 7.90. The molecule has 4 atom stereocenters. The van der Waals surface area contributed by atoms with E-state index in [9.17, 15) is 4.79 Å². The summed E-state index contributed by atoms with van der Waals surface area (Å²) in [5, 5.41) is 9.02. The summed E-state index contributed by atoms with van der Waals surface area (Å²) in [5.74, 6) is 2.26. The van der Waals surface area contributed by atoms with Crippen molar-refractivity contribution >= 4 is 17.7 Å². The Morgan fingerprint density at radius 2 is 1.76 bits per heavy atom. The van der Waals surface area contributed by atoms with Gasteiger partial charge in [0, 0.05) is 30.1 Å². The van der Waals surface area contributed by atoms with Crippen LogP contribution in [-0.4, -0.2) is 67.7 Å². The Labute approximate surface area is 195 Å². The number of nitrogens with one attached hydrogen (secondary N) is 3. The Morgan fingerprint density at radius 1 is 1.03 bits per heavy atom. The van der Waals surface area contributed by atoms with Gasteiger partial charge in [0.05, 0.1) is 45.8 Å². The molecule has 3 N–H and O–H groups in total. The summed E-state index contributed by atoms with van der Waals surface area (Å²) in [7, 11) is 3.10. The van der Waals surface area contributed by atoms with Crippen molar-refractivity contribution in [3.8, 4) is 23.0 Å². The molecular weight excluding hydrogens is 442 g/mol. The molecule has 2 amide bonds. The van der Waals surface area contributed by atoms with Crippen LogP contribution >= 0.6 is 0 Å². The van der Waals surface area contributed by atoms with Crippen molar-refractivity contribution in [1.82, 2.24) is 15.3 Å². The lowest BCUT2D eigenvalue weighted by atomic mass is 10.1. The standard InChI is InChI=1S/C23H25N5O6/c1-30-14-8-13(9-15(10-14)31-2)25-23(29)28-18-12-34-20-17(11-33-21(18)20)27-22-24-6-5-16(26-22)19-4-3-7-32-19/h3-10,17-18,20-21H,11-12H2,1-2H3,(H,24,26,27)(H2,25,28,29)/t17-,18+,20-,21+/m0/s1. The van der Waals surface area contributed by atoms with Crippen molar-refractivity contribution in [2.45, 2.75) is 24.3 Å². The Morgan fingerprint density at radius 3 is 2.47 bits per heavy atom. The quantitative estimate of drug-likeness (QED) is 0.480. The number of hydrogen-bond acceptors (Lipinski definition) is 9. The highest BCUT2D eigenvalue weighted by Gasteiger charge is 2.48. The van der Waals surface area contributed by atoms with Gasteiger partial charge < -0.3 is 39.3 Å². The van der Waals surface area contributed by atoms with Crippen LogP contribution in [0, 0.1) is 0 Å². The first-order valence-corrected chi connectivity index (χ1v) is 10.8. The third-order valence-corrected chi connectivity index (χ3v) is 5.72. The van der Waals surface area contributed by atoms with Crippen LogP contribution in [0.5, 0.6) is 11.5 Å². The lowest BCUT2D eigenvalue weighted by Gasteiger charge is -2.19. The maximum absolute atomic E-state index is 12.6. The van der Waals surface area contributed by atoms with E-state index < -0.39 is 0 Å². The monoisotopic (exact) mass is 467 g/mol. The van der Waals surface area contributed by atoms with Crippen molar-refractivity contribution < 1.29 is 28.2 Å². The minimum atomic E-state index is -0.376. The average molecular weight is 467 g/mol. The van der Waals surface area contributed by atoms with Gasteiger partial charge in [0.1, 0.15) is 29.4 Å². The van der Waals surface area contributed by atoms with E-state index in [0.717, 1.165) is 0 Å².